The number of aromatic nitrogens is 2. The molecule has 2 aliphatic rings. The van der Waals surface area contributed by atoms with Crippen molar-refractivity contribution in [3.63, 3.8) is 0 Å². The van der Waals surface area contributed by atoms with Crippen molar-refractivity contribution >= 4 is 16.9 Å². The first-order valence-corrected chi connectivity index (χ1v) is 9.05. The summed E-state index contributed by atoms with van der Waals surface area (Å²) in [5.74, 6) is -0.725. The van der Waals surface area contributed by atoms with Gasteiger partial charge >= 0.3 is 5.97 Å². The summed E-state index contributed by atoms with van der Waals surface area (Å²) in [6.45, 7) is 6.36. The van der Waals surface area contributed by atoms with Crippen molar-refractivity contribution in [2.75, 3.05) is 0 Å². The van der Waals surface area contributed by atoms with Crippen LogP contribution in [-0.2, 0) is 22.7 Å². The van der Waals surface area contributed by atoms with Gasteiger partial charge in [0.2, 0.25) is 0 Å². The van der Waals surface area contributed by atoms with Crippen molar-refractivity contribution in [2.24, 2.45) is 0 Å². The number of benzene rings is 1. The fourth-order valence-corrected chi connectivity index (χ4v) is 3.70. The van der Waals surface area contributed by atoms with Gasteiger partial charge in [0.25, 0.3) is 5.56 Å². The average molecular weight is 364 g/mol. The minimum absolute atomic E-state index is 0.102. The van der Waals surface area contributed by atoms with Crippen LogP contribution in [0.4, 0.5) is 0 Å². The van der Waals surface area contributed by atoms with E-state index in [9.17, 15) is 14.7 Å². The molecule has 5 rings (SSSR count). The molecule has 0 aliphatic carbocycles. The van der Waals surface area contributed by atoms with Crippen LogP contribution in [0.15, 0.2) is 35.1 Å². The van der Waals surface area contributed by atoms with E-state index in [-0.39, 0.29) is 12.2 Å². The third-order valence-electron chi connectivity index (χ3n) is 5.04. The minimum atomic E-state index is -1.42. The summed E-state index contributed by atoms with van der Waals surface area (Å²) in [4.78, 5) is 29.2. The van der Waals surface area contributed by atoms with Crippen LogP contribution < -0.4 is 5.56 Å². The topological polar surface area (TPSA) is 81.4 Å². The Kier molecular flexibility index (Phi) is 4.08. The van der Waals surface area contributed by atoms with Gasteiger partial charge < -0.3 is 14.4 Å². The second-order valence-corrected chi connectivity index (χ2v) is 6.50. The molecule has 0 amide bonds. The van der Waals surface area contributed by atoms with E-state index in [2.05, 4.69) is 6.07 Å². The first kappa shape index (κ1) is 17.4. The Labute approximate surface area is 156 Å². The van der Waals surface area contributed by atoms with Gasteiger partial charge in [0.15, 0.2) is 6.10 Å². The number of carbonyl (C=O) groups is 1. The predicted octanol–water partition coefficient (Wildman–Crippen LogP) is 2.85. The number of fused-ring (bicyclic) bond motifs is 5. The molecule has 0 saturated carbocycles. The Balaban J connectivity index is 0.000000872. The standard InChI is InChI=1S/C19H14N2O4.C2H6/c1-9-3-2-4-14-11(9)5-10-7-21-15(16(10)20-14)6-12-13(18(21)23)8-25-19(24)17(12)22;1-2/h2-6,17,22H,7-8H2,1H3;1-2H3. The first-order chi connectivity index (χ1) is 13.0. The number of hydrogen-bond donors (Lipinski definition) is 1. The summed E-state index contributed by atoms with van der Waals surface area (Å²) in [5.41, 5.74) is 4.74. The summed E-state index contributed by atoms with van der Waals surface area (Å²) < 4.78 is 6.53. The number of pyridine rings is 2. The quantitative estimate of drug-likeness (QED) is 0.485. The van der Waals surface area contributed by atoms with Crippen LogP contribution in [0.3, 0.4) is 0 Å². The summed E-state index contributed by atoms with van der Waals surface area (Å²) in [5, 5.41) is 11.2. The largest absolute Gasteiger partial charge is 0.458 e. The minimum Gasteiger partial charge on any atom is -0.458 e. The SMILES string of the molecule is CC.Cc1cccc2nc3c(cc12)Cn1c-3cc2c(c1=O)COC(=O)C2O. The monoisotopic (exact) mass is 364 g/mol. The predicted molar refractivity (Wildman–Crippen MR) is 101 cm³/mol. The second kappa shape index (κ2) is 6.32. The number of aryl methyl sites for hydroxylation is 1. The maximum atomic E-state index is 12.8. The van der Waals surface area contributed by atoms with Crippen LogP contribution in [0.5, 0.6) is 0 Å². The molecule has 6 nitrogen and oxygen atoms in total. The molecule has 0 radical (unpaired) electrons. The van der Waals surface area contributed by atoms with E-state index in [1.807, 2.05) is 39.0 Å². The maximum absolute atomic E-state index is 12.8. The molecule has 1 aromatic carbocycles. The number of hydrogen-bond acceptors (Lipinski definition) is 5. The van der Waals surface area contributed by atoms with Crippen molar-refractivity contribution in [1.29, 1.82) is 0 Å². The lowest BCUT2D eigenvalue weighted by Gasteiger charge is -2.21. The fraction of sp³-hybridized carbons (Fsp3) is 0.286. The van der Waals surface area contributed by atoms with Gasteiger partial charge in [0, 0.05) is 16.5 Å². The molecule has 0 saturated heterocycles. The Hall–Kier alpha value is -2.99. The number of aliphatic hydroxyl groups excluding tert-OH is 1. The van der Waals surface area contributed by atoms with Gasteiger partial charge in [-0.15, -0.1) is 0 Å². The zero-order valence-electron chi connectivity index (χ0n) is 15.4. The van der Waals surface area contributed by atoms with Gasteiger partial charge in [-0.05, 0) is 30.7 Å². The van der Waals surface area contributed by atoms with Crippen molar-refractivity contribution < 1.29 is 14.6 Å². The van der Waals surface area contributed by atoms with Crippen molar-refractivity contribution in [2.45, 2.75) is 40.0 Å². The Bertz CT molecular complexity index is 1150. The number of nitrogens with zero attached hydrogens (tertiary/aromatic N) is 2. The molecular formula is C21H20N2O4. The highest BCUT2D eigenvalue weighted by molar-refractivity contribution is 5.87. The van der Waals surface area contributed by atoms with Gasteiger partial charge in [-0.25, -0.2) is 9.78 Å². The van der Waals surface area contributed by atoms with Gasteiger partial charge in [0.1, 0.15) is 6.61 Å². The lowest BCUT2D eigenvalue weighted by Crippen LogP contribution is -2.32. The van der Waals surface area contributed by atoms with E-state index in [0.717, 1.165) is 27.7 Å². The number of rotatable bonds is 0. The van der Waals surface area contributed by atoms with Crippen LogP contribution in [0.2, 0.25) is 0 Å². The third-order valence-corrected chi connectivity index (χ3v) is 5.04. The molecule has 0 fully saturated rings. The van der Waals surface area contributed by atoms with E-state index in [1.165, 1.54) is 0 Å². The normalized spacial score (nSPS) is 16.7. The highest BCUT2D eigenvalue weighted by Gasteiger charge is 2.33. The smallest absolute Gasteiger partial charge is 0.340 e. The van der Waals surface area contributed by atoms with Crippen molar-refractivity contribution in [3.8, 4) is 11.4 Å². The zero-order valence-corrected chi connectivity index (χ0v) is 15.4. The molecule has 1 atom stereocenters. The maximum Gasteiger partial charge on any atom is 0.340 e. The molecule has 2 aliphatic heterocycles. The number of carbonyl (C=O) groups excluding carboxylic acids is 1. The highest BCUT2D eigenvalue weighted by atomic mass is 16.5. The van der Waals surface area contributed by atoms with Crippen LogP contribution in [0.1, 0.15) is 42.2 Å². The Morgan fingerprint density at radius 1 is 1.22 bits per heavy atom. The number of aliphatic hydroxyl groups is 1. The molecule has 0 bridgehead atoms. The Morgan fingerprint density at radius 2 is 2.00 bits per heavy atom. The number of cyclic esters (lactones) is 1. The summed E-state index contributed by atoms with van der Waals surface area (Å²) in [7, 11) is 0. The average Bonchev–Trinajstić information content (AvgIpc) is 3.04. The van der Waals surface area contributed by atoms with Gasteiger partial charge in [-0.3, -0.25) is 4.79 Å². The molecule has 27 heavy (non-hydrogen) atoms. The molecule has 3 aromatic rings. The van der Waals surface area contributed by atoms with Crippen molar-refractivity contribution in [3.05, 3.63) is 62.9 Å². The zero-order chi connectivity index (χ0) is 19.3. The van der Waals surface area contributed by atoms with Gasteiger partial charge in [-0.1, -0.05) is 26.0 Å². The molecule has 1 N–H and O–H groups in total. The molecule has 4 heterocycles. The van der Waals surface area contributed by atoms with E-state index in [0.29, 0.717) is 23.4 Å². The molecule has 2 aromatic heterocycles. The lowest BCUT2D eigenvalue weighted by atomic mass is 10.00. The van der Waals surface area contributed by atoms with E-state index in [1.54, 1.807) is 10.6 Å². The summed E-state index contributed by atoms with van der Waals surface area (Å²) in [6, 6.07) is 9.68. The van der Waals surface area contributed by atoms with Gasteiger partial charge in [-0.2, -0.15) is 0 Å². The van der Waals surface area contributed by atoms with E-state index in [4.69, 9.17) is 9.72 Å². The summed E-state index contributed by atoms with van der Waals surface area (Å²) >= 11 is 0. The highest BCUT2D eigenvalue weighted by Crippen LogP contribution is 2.35. The van der Waals surface area contributed by atoms with Crippen LogP contribution in [-0.4, -0.2) is 20.6 Å². The van der Waals surface area contributed by atoms with Crippen LogP contribution in [0, 0.1) is 6.92 Å². The summed E-state index contributed by atoms with van der Waals surface area (Å²) in [6.07, 6.45) is -1.42. The fourth-order valence-electron chi connectivity index (χ4n) is 3.70. The van der Waals surface area contributed by atoms with Gasteiger partial charge in [0.05, 0.1) is 29.0 Å². The molecular weight excluding hydrogens is 344 g/mol. The third kappa shape index (κ3) is 2.48. The van der Waals surface area contributed by atoms with Crippen molar-refractivity contribution in [1.82, 2.24) is 9.55 Å². The lowest BCUT2D eigenvalue weighted by molar-refractivity contribution is -0.157. The van der Waals surface area contributed by atoms with E-state index >= 15 is 0 Å². The molecule has 1 unspecified atom stereocenters. The van der Waals surface area contributed by atoms with Crippen LogP contribution >= 0.6 is 0 Å². The molecule has 6 heteroatoms. The first-order valence-electron chi connectivity index (χ1n) is 9.05. The second-order valence-electron chi connectivity index (χ2n) is 6.50. The number of esters is 1. The number of ether oxygens (including phenoxy) is 1. The molecule has 0 spiro atoms. The Morgan fingerprint density at radius 3 is 2.78 bits per heavy atom. The van der Waals surface area contributed by atoms with Crippen LogP contribution in [0.25, 0.3) is 22.3 Å². The molecule has 138 valence electrons. The van der Waals surface area contributed by atoms with E-state index < -0.39 is 12.1 Å².